The second kappa shape index (κ2) is 16.3. The molecular formula is C33H42N4O6S. The fraction of sp³-hybridized carbons (Fsp3) is 0.394. The lowest BCUT2D eigenvalue weighted by Gasteiger charge is -2.32. The molecule has 3 aromatic carbocycles. The van der Waals surface area contributed by atoms with Gasteiger partial charge in [0.15, 0.2) is 0 Å². The number of carbonyl (C=O) groups excluding carboxylic acids is 2. The summed E-state index contributed by atoms with van der Waals surface area (Å²) in [6.45, 7) is 6.40. The van der Waals surface area contributed by atoms with Gasteiger partial charge in [0.25, 0.3) is 0 Å². The molecule has 1 atom stereocenters. The molecule has 1 aliphatic rings. The van der Waals surface area contributed by atoms with Crippen LogP contribution in [0.3, 0.4) is 0 Å². The number of hydrogen-bond donors (Lipinski definition) is 2. The van der Waals surface area contributed by atoms with Crippen molar-refractivity contribution in [2.24, 2.45) is 0 Å². The fourth-order valence-corrected chi connectivity index (χ4v) is 6.16. The maximum absolute atomic E-state index is 14.0. The number of morpholine rings is 1. The lowest BCUT2D eigenvalue weighted by molar-refractivity contribution is -0.141. The van der Waals surface area contributed by atoms with E-state index in [2.05, 4.69) is 14.9 Å². The molecule has 10 nitrogen and oxygen atoms in total. The van der Waals surface area contributed by atoms with Crippen molar-refractivity contribution in [3.05, 3.63) is 95.6 Å². The third-order valence-electron chi connectivity index (χ3n) is 7.53. The summed E-state index contributed by atoms with van der Waals surface area (Å²) in [6.07, 6.45) is 0.527. The molecular weight excluding hydrogens is 580 g/mol. The first-order valence-electron chi connectivity index (χ1n) is 14.9. The van der Waals surface area contributed by atoms with Crippen LogP contribution in [0, 0.1) is 0 Å². The highest BCUT2D eigenvalue weighted by Gasteiger charge is 2.31. The number of amides is 2. The Morgan fingerprint density at radius 3 is 2.25 bits per heavy atom. The number of rotatable bonds is 15. The van der Waals surface area contributed by atoms with E-state index in [1.807, 2.05) is 54.6 Å². The largest absolute Gasteiger partial charge is 0.497 e. The van der Waals surface area contributed by atoms with Gasteiger partial charge < -0.3 is 19.7 Å². The summed E-state index contributed by atoms with van der Waals surface area (Å²) >= 11 is 0. The van der Waals surface area contributed by atoms with Gasteiger partial charge >= 0.3 is 0 Å². The van der Waals surface area contributed by atoms with Crippen molar-refractivity contribution in [3.63, 3.8) is 0 Å². The first kappa shape index (κ1) is 33.1. The number of ether oxygens (including phenoxy) is 2. The van der Waals surface area contributed by atoms with E-state index in [1.54, 1.807) is 43.2 Å². The molecule has 1 saturated heterocycles. The van der Waals surface area contributed by atoms with Crippen LogP contribution in [0.1, 0.15) is 36.1 Å². The smallest absolute Gasteiger partial charge is 0.247 e. The van der Waals surface area contributed by atoms with Crippen LogP contribution in [-0.2, 0) is 37.3 Å². The lowest BCUT2D eigenvalue weighted by atomic mass is 10.0. The van der Waals surface area contributed by atoms with Gasteiger partial charge in [0, 0.05) is 45.7 Å². The van der Waals surface area contributed by atoms with Crippen LogP contribution in [0.15, 0.2) is 83.8 Å². The quantitative estimate of drug-likeness (QED) is 0.268. The minimum Gasteiger partial charge on any atom is -0.497 e. The van der Waals surface area contributed by atoms with Gasteiger partial charge in [-0.2, -0.15) is 0 Å². The zero-order valence-corrected chi connectivity index (χ0v) is 26.2. The van der Waals surface area contributed by atoms with Crippen molar-refractivity contribution >= 4 is 21.8 Å². The normalized spacial score (nSPS) is 14.5. The molecule has 11 heteroatoms. The topological polar surface area (TPSA) is 117 Å². The monoisotopic (exact) mass is 622 g/mol. The molecule has 0 radical (unpaired) electrons. The van der Waals surface area contributed by atoms with E-state index in [0.29, 0.717) is 45.0 Å². The minimum atomic E-state index is -3.57. The maximum atomic E-state index is 14.0. The zero-order valence-electron chi connectivity index (χ0n) is 25.4. The van der Waals surface area contributed by atoms with Crippen LogP contribution < -0.4 is 14.8 Å². The Labute approximate surface area is 260 Å². The zero-order chi connectivity index (χ0) is 31.4. The van der Waals surface area contributed by atoms with Crippen LogP contribution in [-0.4, -0.2) is 83.1 Å². The molecule has 3 aromatic rings. The van der Waals surface area contributed by atoms with Crippen LogP contribution in [0.5, 0.6) is 5.75 Å². The van der Waals surface area contributed by atoms with Gasteiger partial charge in [0.05, 0.1) is 25.2 Å². The molecule has 0 aromatic heterocycles. The molecule has 1 fully saturated rings. The summed E-state index contributed by atoms with van der Waals surface area (Å²) in [4.78, 5) is 31.9. The molecule has 236 valence electrons. The van der Waals surface area contributed by atoms with Gasteiger partial charge in [0.1, 0.15) is 11.8 Å². The molecule has 2 N–H and O–H groups in total. The third-order valence-corrected chi connectivity index (χ3v) is 9.10. The van der Waals surface area contributed by atoms with Crippen LogP contribution >= 0.6 is 0 Å². The van der Waals surface area contributed by atoms with Gasteiger partial charge in [0.2, 0.25) is 21.8 Å². The van der Waals surface area contributed by atoms with E-state index in [-0.39, 0.29) is 29.7 Å². The molecule has 1 heterocycles. The average molecular weight is 623 g/mol. The lowest BCUT2D eigenvalue weighted by Crippen LogP contribution is -2.46. The Bertz CT molecular complexity index is 1440. The van der Waals surface area contributed by atoms with Crippen molar-refractivity contribution in [1.82, 2.24) is 19.8 Å². The van der Waals surface area contributed by atoms with Crippen LogP contribution in [0.4, 0.5) is 0 Å². The summed E-state index contributed by atoms with van der Waals surface area (Å²) in [7, 11) is -1.97. The second-order valence-corrected chi connectivity index (χ2v) is 12.3. The molecule has 0 saturated carbocycles. The molecule has 0 aliphatic carbocycles. The molecule has 0 spiro atoms. The highest BCUT2D eigenvalue weighted by Crippen LogP contribution is 2.26. The number of benzene rings is 3. The number of sulfonamides is 1. The molecule has 1 aliphatic heterocycles. The van der Waals surface area contributed by atoms with Crippen LogP contribution in [0.2, 0.25) is 0 Å². The van der Waals surface area contributed by atoms with Crippen molar-refractivity contribution in [2.45, 2.75) is 37.2 Å². The summed E-state index contributed by atoms with van der Waals surface area (Å²) < 4.78 is 37.9. The van der Waals surface area contributed by atoms with E-state index in [1.165, 1.54) is 0 Å². The van der Waals surface area contributed by atoms with E-state index >= 15 is 0 Å². The first-order valence-corrected chi connectivity index (χ1v) is 16.4. The third kappa shape index (κ3) is 9.36. The number of aryl methyl sites for hydroxylation is 1. The van der Waals surface area contributed by atoms with Crippen molar-refractivity contribution in [1.29, 1.82) is 0 Å². The standard InChI is InChI=1S/C33H42N4O6S/c1-3-35-44(40,41)30-16-11-26(12-17-30)13-18-31(38)37(25-27-9-14-29(42-2)15-10-27)32(28-7-5-4-6-8-28)33(39)34-19-20-36-21-23-43-24-22-36/h4-12,14-17,32,35H,3,13,18-25H2,1-2H3,(H,34,39)/t32-/m1/s1. The van der Waals surface area contributed by atoms with Gasteiger partial charge in [-0.05, 0) is 47.4 Å². The number of nitrogens with one attached hydrogen (secondary N) is 2. The van der Waals surface area contributed by atoms with Crippen molar-refractivity contribution in [2.75, 3.05) is 53.0 Å². The van der Waals surface area contributed by atoms with E-state index in [4.69, 9.17) is 9.47 Å². The Morgan fingerprint density at radius 2 is 1.61 bits per heavy atom. The Hall–Kier alpha value is -3.77. The Morgan fingerprint density at radius 1 is 0.955 bits per heavy atom. The van der Waals surface area contributed by atoms with E-state index < -0.39 is 16.1 Å². The van der Waals surface area contributed by atoms with Crippen molar-refractivity contribution < 1.29 is 27.5 Å². The van der Waals surface area contributed by atoms with Crippen molar-refractivity contribution in [3.8, 4) is 5.75 Å². The summed E-state index contributed by atoms with van der Waals surface area (Å²) in [6, 6.07) is 22.5. The fourth-order valence-electron chi connectivity index (χ4n) is 5.12. The minimum absolute atomic E-state index is 0.139. The highest BCUT2D eigenvalue weighted by molar-refractivity contribution is 7.89. The second-order valence-electron chi connectivity index (χ2n) is 10.6. The molecule has 0 bridgehead atoms. The summed E-state index contributed by atoms with van der Waals surface area (Å²) in [5.41, 5.74) is 2.40. The van der Waals surface area contributed by atoms with Gasteiger partial charge in [-0.15, -0.1) is 0 Å². The number of nitrogens with zero attached hydrogens (tertiary/aromatic N) is 2. The highest BCUT2D eigenvalue weighted by atomic mass is 32.2. The van der Waals surface area contributed by atoms with Gasteiger partial charge in [-0.3, -0.25) is 14.5 Å². The Balaban J connectivity index is 1.55. The number of carbonyl (C=O) groups is 2. The molecule has 44 heavy (non-hydrogen) atoms. The predicted molar refractivity (Wildman–Crippen MR) is 169 cm³/mol. The average Bonchev–Trinajstić information content (AvgIpc) is 3.05. The Kier molecular flexibility index (Phi) is 12.3. The molecule has 2 amide bonds. The summed E-state index contributed by atoms with van der Waals surface area (Å²) in [5, 5.41) is 3.07. The SMILES string of the molecule is CCNS(=O)(=O)c1ccc(CCC(=O)N(Cc2ccc(OC)cc2)[C@@H](C(=O)NCCN2CCOCC2)c2ccccc2)cc1. The predicted octanol–water partition coefficient (Wildman–Crippen LogP) is 3.14. The van der Waals surface area contributed by atoms with E-state index in [0.717, 1.165) is 29.8 Å². The van der Waals surface area contributed by atoms with Gasteiger partial charge in [-0.25, -0.2) is 13.1 Å². The number of methoxy groups -OCH3 is 1. The summed E-state index contributed by atoms with van der Waals surface area (Å²) in [5.74, 6) is 0.262. The van der Waals surface area contributed by atoms with E-state index in [9.17, 15) is 18.0 Å². The first-order chi connectivity index (χ1) is 21.3. The number of hydrogen-bond acceptors (Lipinski definition) is 7. The maximum Gasteiger partial charge on any atom is 0.247 e. The molecule has 0 unspecified atom stereocenters. The molecule has 4 rings (SSSR count). The van der Waals surface area contributed by atoms with Crippen LogP contribution in [0.25, 0.3) is 0 Å². The van der Waals surface area contributed by atoms with Gasteiger partial charge in [-0.1, -0.05) is 61.5 Å².